The van der Waals surface area contributed by atoms with Gasteiger partial charge in [0.15, 0.2) is 0 Å². The van der Waals surface area contributed by atoms with Crippen molar-refractivity contribution >= 4 is 18.4 Å². The average molecular weight is 262 g/mol. The van der Waals surface area contributed by atoms with Crippen LogP contribution in [0.4, 0.5) is 9.59 Å². The maximum atomic E-state index is 11.8. The molecule has 0 aliphatic heterocycles. The molecule has 6 nitrogen and oxygen atoms in total. The van der Waals surface area contributed by atoms with Crippen molar-refractivity contribution in [2.45, 2.75) is 20.4 Å². The number of benzene rings is 1. The number of rotatable bonds is 3. The highest BCUT2D eigenvalue weighted by Gasteiger charge is 2.17. The molecule has 0 radical (unpaired) electrons. The number of imide groups is 1. The smallest absolute Gasteiger partial charge is 0.353 e. The van der Waals surface area contributed by atoms with Crippen LogP contribution in [-0.2, 0) is 6.54 Å². The number of urea groups is 2. The van der Waals surface area contributed by atoms with Gasteiger partial charge in [-0.25, -0.2) is 14.5 Å². The van der Waals surface area contributed by atoms with Crippen LogP contribution in [0.25, 0.3) is 0 Å². The van der Waals surface area contributed by atoms with Crippen molar-refractivity contribution in [3.05, 3.63) is 35.4 Å². The van der Waals surface area contributed by atoms with Gasteiger partial charge in [0.05, 0.1) is 6.34 Å². The minimum Gasteiger partial charge on any atom is -0.390 e. The maximum absolute atomic E-state index is 11.8. The number of amides is 4. The van der Waals surface area contributed by atoms with E-state index in [9.17, 15) is 9.59 Å². The van der Waals surface area contributed by atoms with E-state index >= 15 is 0 Å². The second-order valence-electron chi connectivity index (χ2n) is 3.95. The van der Waals surface area contributed by atoms with Gasteiger partial charge >= 0.3 is 12.1 Å². The van der Waals surface area contributed by atoms with Gasteiger partial charge in [-0.2, -0.15) is 4.99 Å². The SMILES string of the molecule is CCN(C(=O)/N=C/N)C(=O)NCc1ccc(C)cc1. The summed E-state index contributed by atoms with van der Waals surface area (Å²) in [5, 5.41) is 2.66. The third-order valence-electron chi connectivity index (χ3n) is 2.54. The Hall–Kier alpha value is -2.37. The Morgan fingerprint density at radius 3 is 2.53 bits per heavy atom. The van der Waals surface area contributed by atoms with Crippen molar-refractivity contribution in [1.82, 2.24) is 10.2 Å². The largest absolute Gasteiger partial charge is 0.390 e. The Morgan fingerprint density at radius 2 is 2.00 bits per heavy atom. The molecule has 3 N–H and O–H groups in total. The van der Waals surface area contributed by atoms with Crippen molar-refractivity contribution in [2.75, 3.05) is 6.54 Å². The molecule has 0 aliphatic rings. The number of nitrogens with two attached hydrogens (primary N) is 1. The predicted molar refractivity (Wildman–Crippen MR) is 73.9 cm³/mol. The highest BCUT2D eigenvalue weighted by Crippen LogP contribution is 2.03. The summed E-state index contributed by atoms with van der Waals surface area (Å²) in [6.07, 6.45) is 0.873. The summed E-state index contributed by atoms with van der Waals surface area (Å²) in [6.45, 7) is 4.27. The molecular weight excluding hydrogens is 244 g/mol. The van der Waals surface area contributed by atoms with Gasteiger partial charge in [0.25, 0.3) is 0 Å². The number of carbonyl (C=O) groups is 2. The molecule has 0 fully saturated rings. The fraction of sp³-hybridized carbons (Fsp3) is 0.308. The molecule has 0 aromatic heterocycles. The summed E-state index contributed by atoms with van der Waals surface area (Å²) < 4.78 is 0. The molecule has 0 saturated heterocycles. The molecule has 1 rings (SSSR count). The van der Waals surface area contributed by atoms with Crippen LogP contribution in [0.1, 0.15) is 18.1 Å². The van der Waals surface area contributed by atoms with Crippen molar-refractivity contribution < 1.29 is 9.59 Å². The van der Waals surface area contributed by atoms with Crippen molar-refractivity contribution in [2.24, 2.45) is 10.7 Å². The molecule has 0 aliphatic carbocycles. The lowest BCUT2D eigenvalue weighted by atomic mass is 10.1. The summed E-state index contributed by atoms with van der Waals surface area (Å²) in [5.41, 5.74) is 7.14. The molecule has 0 saturated carbocycles. The molecule has 6 heteroatoms. The van der Waals surface area contributed by atoms with Crippen LogP contribution in [-0.4, -0.2) is 29.8 Å². The van der Waals surface area contributed by atoms with Crippen LogP contribution >= 0.6 is 0 Å². The van der Waals surface area contributed by atoms with E-state index in [1.807, 2.05) is 31.2 Å². The topological polar surface area (TPSA) is 87.8 Å². The van der Waals surface area contributed by atoms with E-state index in [0.29, 0.717) is 6.54 Å². The highest BCUT2D eigenvalue weighted by atomic mass is 16.2. The molecule has 4 amide bonds. The molecule has 0 bridgehead atoms. The third kappa shape index (κ3) is 4.42. The number of hydrogen-bond acceptors (Lipinski definition) is 2. The van der Waals surface area contributed by atoms with E-state index in [4.69, 9.17) is 5.73 Å². The van der Waals surface area contributed by atoms with Crippen molar-refractivity contribution in [1.29, 1.82) is 0 Å². The summed E-state index contributed by atoms with van der Waals surface area (Å²) in [4.78, 5) is 27.6. The molecule has 0 atom stereocenters. The first kappa shape index (κ1) is 14.7. The first-order valence-electron chi connectivity index (χ1n) is 5.97. The van der Waals surface area contributed by atoms with E-state index < -0.39 is 12.1 Å². The molecular formula is C13H18N4O2. The number of hydrogen-bond donors (Lipinski definition) is 2. The van der Waals surface area contributed by atoms with Crippen molar-refractivity contribution in [3.63, 3.8) is 0 Å². The zero-order valence-corrected chi connectivity index (χ0v) is 11.1. The minimum absolute atomic E-state index is 0.232. The van der Waals surface area contributed by atoms with Gasteiger partial charge in [0.2, 0.25) is 0 Å². The Labute approximate surface area is 112 Å². The zero-order valence-electron chi connectivity index (χ0n) is 11.1. The van der Waals surface area contributed by atoms with Crippen LogP contribution in [0, 0.1) is 6.92 Å². The first-order chi connectivity index (χ1) is 9.08. The lowest BCUT2D eigenvalue weighted by molar-refractivity contribution is 0.193. The Kier molecular flexibility index (Phi) is 5.53. The molecule has 1 aromatic carbocycles. The average Bonchev–Trinajstić information content (AvgIpc) is 2.39. The number of carbonyl (C=O) groups excluding carboxylic acids is 2. The van der Waals surface area contributed by atoms with Crippen LogP contribution in [0.3, 0.4) is 0 Å². The van der Waals surface area contributed by atoms with Gasteiger partial charge in [-0.1, -0.05) is 29.8 Å². The van der Waals surface area contributed by atoms with Crippen LogP contribution in [0.5, 0.6) is 0 Å². The monoisotopic (exact) mass is 262 g/mol. The molecule has 0 heterocycles. The summed E-state index contributed by atoms with van der Waals surface area (Å²) in [6, 6.07) is 6.61. The van der Waals surface area contributed by atoms with Crippen LogP contribution < -0.4 is 11.1 Å². The minimum atomic E-state index is -0.675. The fourth-order valence-electron chi connectivity index (χ4n) is 1.48. The van der Waals surface area contributed by atoms with Gasteiger partial charge in [-0.05, 0) is 19.4 Å². The highest BCUT2D eigenvalue weighted by molar-refractivity contribution is 5.96. The van der Waals surface area contributed by atoms with Gasteiger partial charge in [-0.15, -0.1) is 0 Å². The van der Waals surface area contributed by atoms with E-state index in [-0.39, 0.29) is 6.54 Å². The third-order valence-corrected chi connectivity index (χ3v) is 2.54. The zero-order chi connectivity index (χ0) is 14.3. The molecule has 102 valence electrons. The number of nitrogens with zero attached hydrogens (tertiary/aromatic N) is 2. The first-order valence-corrected chi connectivity index (χ1v) is 5.97. The van der Waals surface area contributed by atoms with E-state index in [1.165, 1.54) is 0 Å². The number of aliphatic imine (C=N–C) groups is 1. The molecule has 19 heavy (non-hydrogen) atoms. The van der Waals surface area contributed by atoms with E-state index in [0.717, 1.165) is 22.4 Å². The summed E-state index contributed by atoms with van der Waals surface area (Å²) in [7, 11) is 0. The lowest BCUT2D eigenvalue weighted by Gasteiger charge is -2.16. The molecule has 0 unspecified atom stereocenters. The number of nitrogens with one attached hydrogen (secondary N) is 1. The maximum Gasteiger partial charge on any atom is 0.353 e. The fourth-order valence-corrected chi connectivity index (χ4v) is 1.48. The van der Waals surface area contributed by atoms with Gasteiger partial charge in [-0.3, -0.25) is 0 Å². The Balaban J connectivity index is 2.58. The summed E-state index contributed by atoms with van der Waals surface area (Å²) in [5.74, 6) is 0. The van der Waals surface area contributed by atoms with Gasteiger partial charge in [0.1, 0.15) is 0 Å². The van der Waals surface area contributed by atoms with Crippen molar-refractivity contribution in [3.8, 4) is 0 Å². The summed E-state index contributed by atoms with van der Waals surface area (Å²) >= 11 is 0. The van der Waals surface area contributed by atoms with E-state index in [2.05, 4.69) is 10.3 Å². The predicted octanol–water partition coefficient (Wildman–Crippen LogP) is 1.63. The standard InChI is InChI=1S/C13H18N4O2/c1-3-17(13(19)16-9-14)12(18)15-8-11-6-4-10(2)5-7-11/h4-7,9H,3,8H2,1-2H3,(H,15,18)(H2,14,16,19). The molecule has 0 spiro atoms. The van der Waals surface area contributed by atoms with Gasteiger partial charge in [0, 0.05) is 13.1 Å². The van der Waals surface area contributed by atoms with Crippen LogP contribution in [0.2, 0.25) is 0 Å². The van der Waals surface area contributed by atoms with E-state index in [1.54, 1.807) is 6.92 Å². The number of aryl methyl sites for hydroxylation is 1. The second kappa shape index (κ2) is 7.15. The quantitative estimate of drug-likeness (QED) is 0.641. The molecule has 1 aromatic rings. The van der Waals surface area contributed by atoms with Gasteiger partial charge < -0.3 is 11.1 Å². The van der Waals surface area contributed by atoms with Crippen LogP contribution in [0.15, 0.2) is 29.3 Å². The lowest BCUT2D eigenvalue weighted by Crippen LogP contribution is -2.42. The normalized spacial score (nSPS) is 10.4. The second-order valence-corrected chi connectivity index (χ2v) is 3.95. The Bertz CT molecular complexity index is 468. The Morgan fingerprint density at radius 1 is 1.37 bits per heavy atom.